The van der Waals surface area contributed by atoms with Crippen LogP contribution in [0.1, 0.15) is 6.42 Å². The zero-order chi connectivity index (χ0) is 10.1. The van der Waals surface area contributed by atoms with Crippen LogP contribution in [0.4, 0.5) is 0 Å². The van der Waals surface area contributed by atoms with Gasteiger partial charge < -0.3 is 10.4 Å². The van der Waals surface area contributed by atoms with Crippen LogP contribution in [0.2, 0.25) is 0 Å². The molecule has 2 N–H and O–H groups in total. The smallest absolute Gasteiger partial charge is 0.111 e. The lowest BCUT2D eigenvalue weighted by molar-refractivity contribution is 0.319. The summed E-state index contributed by atoms with van der Waals surface area (Å²) in [5, 5.41) is 22.3. The molecule has 0 aliphatic carbocycles. The number of oxime groups is 2. The Morgan fingerprint density at radius 1 is 1.54 bits per heavy atom. The molecule has 0 saturated heterocycles. The van der Waals surface area contributed by atoms with Crippen LogP contribution >= 0.6 is 11.6 Å². The van der Waals surface area contributed by atoms with Gasteiger partial charge in [-0.3, -0.25) is 4.99 Å². The molecular weight excluding hydrogens is 194 g/mol. The molecule has 5 nitrogen and oxygen atoms in total. The van der Waals surface area contributed by atoms with Gasteiger partial charge in [0.05, 0.1) is 6.21 Å². The summed E-state index contributed by atoms with van der Waals surface area (Å²) in [5.74, 6) is 0. The summed E-state index contributed by atoms with van der Waals surface area (Å²) in [5.41, 5.74) is 0.766. The first-order valence-electron chi connectivity index (χ1n) is 3.38. The molecule has 0 aromatic heterocycles. The van der Waals surface area contributed by atoms with Crippen molar-refractivity contribution in [3.05, 3.63) is 12.3 Å². The Morgan fingerprint density at radius 2 is 2.23 bits per heavy atom. The molecule has 0 fully saturated rings. The zero-order valence-electron chi connectivity index (χ0n) is 7.05. The van der Waals surface area contributed by atoms with Gasteiger partial charge in [0.25, 0.3) is 0 Å². The standard InChI is InChI=1S/C6H7N3O2.CH3Cl/c10-8-4-6-5(9-11)2-1-3-7-6;1-2/h1,3-4,10-11H,2H2;1H3. The first kappa shape index (κ1) is 11.6. The summed E-state index contributed by atoms with van der Waals surface area (Å²) in [6, 6.07) is 0. The highest BCUT2D eigenvalue weighted by atomic mass is 35.5. The van der Waals surface area contributed by atoms with Crippen LogP contribution in [-0.2, 0) is 0 Å². The van der Waals surface area contributed by atoms with Crippen molar-refractivity contribution in [2.45, 2.75) is 6.42 Å². The second-order valence-electron chi connectivity index (χ2n) is 1.89. The molecule has 0 unspecified atom stereocenters. The minimum Gasteiger partial charge on any atom is -0.411 e. The van der Waals surface area contributed by atoms with E-state index in [1.54, 1.807) is 12.3 Å². The predicted octanol–water partition coefficient (Wildman–Crippen LogP) is 1.49. The Balaban J connectivity index is 0.000000671. The highest BCUT2D eigenvalue weighted by Crippen LogP contribution is 1.99. The number of aliphatic imine (C=N–C) groups is 1. The first-order valence-corrected chi connectivity index (χ1v) is 4.13. The fourth-order valence-corrected chi connectivity index (χ4v) is 0.731. The number of alkyl halides is 1. The van der Waals surface area contributed by atoms with Crippen molar-refractivity contribution in [3.8, 4) is 0 Å². The summed E-state index contributed by atoms with van der Waals surface area (Å²) in [7, 11) is 0. The van der Waals surface area contributed by atoms with Crippen LogP contribution in [0, 0.1) is 0 Å². The Morgan fingerprint density at radius 3 is 2.77 bits per heavy atom. The Hall–Kier alpha value is -1.36. The molecule has 1 aliphatic heterocycles. The molecule has 72 valence electrons. The van der Waals surface area contributed by atoms with E-state index in [1.165, 1.54) is 6.38 Å². The van der Waals surface area contributed by atoms with Crippen molar-refractivity contribution in [3.63, 3.8) is 0 Å². The van der Waals surface area contributed by atoms with Gasteiger partial charge in [-0.2, -0.15) is 0 Å². The molecule has 0 amide bonds. The van der Waals surface area contributed by atoms with E-state index in [9.17, 15) is 0 Å². The number of rotatable bonds is 1. The number of hydrogen-bond acceptors (Lipinski definition) is 5. The van der Waals surface area contributed by atoms with Crippen LogP contribution in [-0.4, -0.2) is 34.4 Å². The van der Waals surface area contributed by atoms with Gasteiger partial charge in [0.1, 0.15) is 11.4 Å². The summed E-state index contributed by atoms with van der Waals surface area (Å²) >= 11 is 4.64. The molecule has 0 atom stereocenters. The van der Waals surface area contributed by atoms with Crippen LogP contribution in [0.5, 0.6) is 0 Å². The fourth-order valence-electron chi connectivity index (χ4n) is 0.731. The maximum atomic E-state index is 8.42. The maximum absolute atomic E-state index is 8.42. The normalized spacial score (nSPS) is 18.3. The number of nitrogens with zero attached hydrogens (tertiary/aromatic N) is 3. The fraction of sp³-hybridized carbons (Fsp3) is 0.286. The van der Waals surface area contributed by atoms with Gasteiger partial charge >= 0.3 is 0 Å². The molecule has 13 heavy (non-hydrogen) atoms. The van der Waals surface area contributed by atoms with E-state index in [-0.39, 0.29) is 0 Å². The first-order chi connectivity index (χ1) is 6.38. The van der Waals surface area contributed by atoms with Gasteiger partial charge in [-0.1, -0.05) is 16.4 Å². The Labute approximate surface area is 80.7 Å². The topological polar surface area (TPSA) is 77.5 Å². The number of allylic oxidation sites excluding steroid dienone is 1. The van der Waals surface area contributed by atoms with Crippen LogP contribution in [0.25, 0.3) is 0 Å². The third-order valence-corrected chi connectivity index (χ3v) is 1.23. The van der Waals surface area contributed by atoms with Gasteiger partial charge in [0.15, 0.2) is 0 Å². The van der Waals surface area contributed by atoms with Gasteiger partial charge in [0, 0.05) is 19.0 Å². The van der Waals surface area contributed by atoms with Gasteiger partial charge in [0.2, 0.25) is 0 Å². The van der Waals surface area contributed by atoms with Crippen LogP contribution in [0.15, 0.2) is 27.6 Å². The van der Waals surface area contributed by atoms with Crippen molar-refractivity contribution in [1.29, 1.82) is 0 Å². The second kappa shape index (κ2) is 7.30. The van der Waals surface area contributed by atoms with Crippen molar-refractivity contribution < 1.29 is 10.4 Å². The molecule has 0 bridgehead atoms. The average molecular weight is 204 g/mol. The summed E-state index contributed by atoms with van der Waals surface area (Å²) in [6.07, 6.45) is 6.40. The van der Waals surface area contributed by atoms with E-state index >= 15 is 0 Å². The van der Waals surface area contributed by atoms with E-state index < -0.39 is 0 Å². The average Bonchev–Trinajstić information content (AvgIpc) is 2.22. The molecule has 1 heterocycles. The Kier molecular flexibility index (Phi) is 6.53. The molecule has 1 aliphatic rings. The van der Waals surface area contributed by atoms with E-state index in [4.69, 9.17) is 10.4 Å². The van der Waals surface area contributed by atoms with Crippen molar-refractivity contribution in [2.24, 2.45) is 15.3 Å². The predicted molar refractivity (Wildman–Crippen MR) is 52.5 cm³/mol. The minimum atomic E-state index is 0.373. The zero-order valence-corrected chi connectivity index (χ0v) is 7.81. The lowest BCUT2D eigenvalue weighted by Gasteiger charge is -2.02. The highest BCUT2D eigenvalue weighted by Gasteiger charge is 2.08. The van der Waals surface area contributed by atoms with E-state index in [1.807, 2.05) is 0 Å². The molecule has 6 heteroatoms. The summed E-state index contributed by atoms with van der Waals surface area (Å²) in [6.45, 7) is 0. The van der Waals surface area contributed by atoms with Gasteiger partial charge in [-0.05, 0) is 0 Å². The highest BCUT2D eigenvalue weighted by molar-refractivity contribution is 6.63. The van der Waals surface area contributed by atoms with E-state index in [2.05, 4.69) is 26.9 Å². The van der Waals surface area contributed by atoms with Crippen molar-refractivity contribution >= 4 is 29.2 Å². The molecule has 0 aromatic carbocycles. The molecule has 0 radical (unpaired) electrons. The largest absolute Gasteiger partial charge is 0.411 e. The molecular formula is C7H10ClN3O2. The number of halogens is 1. The second-order valence-corrected chi connectivity index (χ2v) is 1.89. The SMILES string of the molecule is CCl.ON=CC1=NC=CCC1=NO. The van der Waals surface area contributed by atoms with Crippen molar-refractivity contribution in [1.82, 2.24) is 0 Å². The third kappa shape index (κ3) is 3.71. The van der Waals surface area contributed by atoms with Crippen LogP contribution < -0.4 is 0 Å². The molecule has 0 saturated carbocycles. The van der Waals surface area contributed by atoms with Crippen molar-refractivity contribution in [2.75, 3.05) is 6.38 Å². The molecule has 0 spiro atoms. The molecule has 1 rings (SSSR count). The van der Waals surface area contributed by atoms with Gasteiger partial charge in [-0.15, -0.1) is 11.6 Å². The lowest BCUT2D eigenvalue weighted by atomic mass is 10.1. The Bertz CT molecular complexity index is 258. The maximum Gasteiger partial charge on any atom is 0.111 e. The summed E-state index contributed by atoms with van der Waals surface area (Å²) < 4.78 is 0. The van der Waals surface area contributed by atoms with Crippen LogP contribution in [0.3, 0.4) is 0 Å². The minimum absolute atomic E-state index is 0.373. The quantitative estimate of drug-likeness (QED) is 0.293. The summed E-state index contributed by atoms with van der Waals surface area (Å²) in [4.78, 5) is 3.81. The lowest BCUT2D eigenvalue weighted by Crippen LogP contribution is -2.16. The molecule has 0 aromatic rings. The van der Waals surface area contributed by atoms with Gasteiger partial charge in [-0.25, -0.2) is 0 Å². The monoisotopic (exact) mass is 203 g/mol. The van der Waals surface area contributed by atoms with E-state index in [0.29, 0.717) is 17.8 Å². The number of hydrogen-bond donors (Lipinski definition) is 2. The van der Waals surface area contributed by atoms with E-state index in [0.717, 1.165) is 6.21 Å². The third-order valence-electron chi connectivity index (χ3n) is 1.23.